The minimum absolute atomic E-state index is 0.00613. The predicted octanol–water partition coefficient (Wildman–Crippen LogP) is 4.12. The molecule has 14 heavy (non-hydrogen) atoms. The van der Waals surface area contributed by atoms with Crippen LogP contribution in [0.15, 0.2) is 17.5 Å². The maximum Gasteiger partial charge on any atom is 0.290 e. The predicted molar refractivity (Wildman–Crippen MR) is 58.5 cm³/mol. The number of rotatable bonds is 1. The molecule has 0 spiro atoms. The highest BCUT2D eigenvalue weighted by atomic mass is 35.5. The van der Waals surface area contributed by atoms with Gasteiger partial charge in [-0.25, -0.2) is 0 Å². The van der Waals surface area contributed by atoms with Crippen LogP contribution < -0.4 is 0 Å². The lowest BCUT2D eigenvalue weighted by molar-refractivity contribution is -0.384. The van der Waals surface area contributed by atoms with Crippen molar-refractivity contribution in [2.45, 2.75) is 0 Å². The van der Waals surface area contributed by atoms with Crippen molar-refractivity contribution in [3.05, 3.63) is 37.7 Å². The zero-order valence-corrected chi connectivity index (χ0v) is 8.99. The summed E-state index contributed by atoms with van der Waals surface area (Å²) in [6, 6.07) is 3.20. The maximum atomic E-state index is 10.6. The molecule has 0 N–H and O–H groups in total. The van der Waals surface area contributed by atoms with Crippen LogP contribution in [0.4, 0.5) is 5.69 Å². The van der Waals surface area contributed by atoms with Gasteiger partial charge in [0.2, 0.25) is 0 Å². The maximum absolute atomic E-state index is 10.6. The Bertz CT molecular complexity index is 523. The molecule has 0 aliphatic carbocycles. The topological polar surface area (TPSA) is 43.1 Å². The summed E-state index contributed by atoms with van der Waals surface area (Å²) in [6.07, 6.45) is 0. The third-order valence-electron chi connectivity index (χ3n) is 1.80. The summed E-state index contributed by atoms with van der Waals surface area (Å²) >= 11 is 13.1. The minimum Gasteiger partial charge on any atom is -0.258 e. The van der Waals surface area contributed by atoms with E-state index in [4.69, 9.17) is 23.2 Å². The first-order valence-corrected chi connectivity index (χ1v) is 5.24. The first-order valence-electron chi connectivity index (χ1n) is 3.61. The molecule has 0 fully saturated rings. The molecule has 1 aromatic carbocycles. The molecular weight excluding hydrogens is 245 g/mol. The molecule has 2 aromatic rings. The van der Waals surface area contributed by atoms with E-state index in [2.05, 4.69) is 0 Å². The van der Waals surface area contributed by atoms with Gasteiger partial charge < -0.3 is 0 Å². The molecule has 0 atom stereocenters. The van der Waals surface area contributed by atoms with Gasteiger partial charge in [0.05, 0.1) is 14.6 Å². The van der Waals surface area contributed by atoms with Crippen molar-refractivity contribution in [3.8, 4) is 0 Å². The quantitative estimate of drug-likeness (QED) is 0.562. The van der Waals surface area contributed by atoms with E-state index in [1.165, 1.54) is 17.4 Å². The Hall–Kier alpha value is -0.840. The molecule has 0 aliphatic rings. The number of thiophene rings is 1. The van der Waals surface area contributed by atoms with Gasteiger partial charge in [0.1, 0.15) is 5.02 Å². The van der Waals surface area contributed by atoms with Crippen molar-refractivity contribution in [1.29, 1.82) is 0 Å². The van der Waals surface area contributed by atoms with Crippen LogP contribution in [0.25, 0.3) is 10.1 Å². The number of nitrogens with zero attached hydrogens (tertiary/aromatic N) is 1. The fraction of sp³-hybridized carbons (Fsp3) is 0. The third kappa shape index (κ3) is 1.35. The normalized spacial score (nSPS) is 10.7. The van der Waals surface area contributed by atoms with Crippen LogP contribution in [-0.2, 0) is 0 Å². The van der Waals surface area contributed by atoms with Crippen molar-refractivity contribution in [3.63, 3.8) is 0 Å². The molecule has 0 radical (unpaired) electrons. The summed E-state index contributed by atoms with van der Waals surface area (Å²) in [5.74, 6) is 0. The molecule has 0 saturated carbocycles. The Kier molecular flexibility index (Phi) is 2.34. The molecule has 0 bridgehead atoms. The second-order valence-electron chi connectivity index (χ2n) is 2.62. The van der Waals surface area contributed by atoms with Gasteiger partial charge in [0, 0.05) is 11.5 Å². The smallest absolute Gasteiger partial charge is 0.258 e. The number of halogens is 2. The fourth-order valence-electron chi connectivity index (χ4n) is 1.17. The molecule has 1 aromatic heterocycles. The van der Waals surface area contributed by atoms with Crippen molar-refractivity contribution in [1.82, 2.24) is 0 Å². The fourth-order valence-corrected chi connectivity index (χ4v) is 2.60. The number of nitro benzene ring substituents is 1. The molecule has 2 rings (SSSR count). The van der Waals surface area contributed by atoms with E-state index in [-0.39, 0.29) is 15.7 Å². The Labute approximate surface area is 93.0 Å². The number of hydrogen-bond acceptors (Lipinski definition) is 3. The highest BCUT2D eigenvalue weighted by Gasteiger charge is 2.18. The van der Waals surface area contributed by atoms with Gasteiger partial charge in [-0.05, 0) is 11.4 Å². The number of hydrogen-bond donors (Lipinski definition) is 0. The molecule has 0 saturated heterocycles. The molecule has 72 valence electrons. The van der Waals surface area contributed by atoms with Crippen molar-refractivity contribution < 1.29 is 4.92 Å². The van der Waals surface area contributed by atoms with Gasteiger partial charge >= 0.3 is 0 Å². The van der Waals surface area contributed by atoms with Gasteiger partial charge in [0.25, 0.3) is 5.69 Å². The van der Waals surface area contributed by atoms with Gasteiger partial charge in [-0.15, -0.1) is 11.3 Å². The lowest BCUT2D eigenvalue weighted by atomic mass is 10.2. The van der Waals surface area contributed by atoms with Crippen LogP contribution >= 0.6 is 34.5 Å². The van der Waals surface area contributed by atoms with E-state index in [0.29, 0.717) is 0 Å². The average Bonchev–Trinajstić information content (AvgIpc) is 2.58. The SMILES string of the molecule is O=[N+]([O-])c1cc2ccsc2c(Cl)c1Cl. The van der Waals surface area contributed by atoms with Gasteiger partial charge in [-0.3, -0.25) is 10.1 Å². The summed E-state index contributed by atoms with van der Waals surface area (Å²) < 4.78 is 0.780. The van der Waals surface area contributed by atoms with Crippen LogP contribution in [0, 0.1) is 10.1 Å². The summed E-state index contributed by atoms with van der Waals surface area (Å²) in [7, 11) is 0. The summed E-state index contributed by atoms with van der Waals surface area (Å²) in [5.41, 5.74) is -0.150. The Morgan fingerprint density at radius 1 is 1.36 bits per heavy atom. The minimum atomic E-state index is -0.536. The molecule has 0 amide bonds. The van der Waals surface area contributed by atoms with Gasteiger partial charge in [-0.2, -0.15) is 0 Å². The van der Waals surface area contributed by atoms with Crippen LogP contribution in [0.2, 0.25) is 10.0 Å². The van der Waals surface area contributed by atoms with E-state index in [1.54, 1.807) is 6.07 Å². The van der Waals surface area contributed by atoms with E-state index < -0.39 is 4.92 Å². The Morgan fingerprint density at radius 2 is 2.07 bits per heavy atom. The van der Waals surface area contributed by atoms with Crippen LogP contribution in [0.3, 0.4) is 0 Å². The Balaban J connectivity index is 2.87. The third-order valence-corrected chi connectivity index (χ3v) is 3.72. The van der Waals surface area contributed by atoms with E-state index in [9.17, 15) is 10.1 Å². The average molecular weight is 248 g/mol. The summed E-state index contributed by atoms with van der Waals surface area (Å²) in [6.45, 7) is 0. The zero-order valence-electron chi connectivity index (χ0n) is 6.66. The largest absolute Gasteiger partial charge is 0.290 e. The lowest BCUT2D eigenvalue weighted by Gasteiger charge is -1.98. The van der Waals surface area contributed by atoms with Crippen LogP contribution in [-0.4, -0.2) is 4.92 Å². The first kappa shape index (κ1) is 9.71. The first-order chi connectivity index (χ1) is 6.61. The van der Waals surface area contributed by atoms with Crippen molar-refractivity contribution in [2.24, 2.45) is 0 Å². The molecule has 3 nitrogen and oxygen atoms in total. The van der Waals surface area contributed by atoms with Crippen LogP contribution in [0.5, 0.6) is 0 Å². The monoisotopic (exact) mass is 247 g/mol. The van der Waals surface area contributed by atoms with Crippen molar-refractivity contribution >= 4 is 50.3 Å². The number of nitro groups is 1. The summed E-state index contributed by atoms with van der Waals surface area (Å²) in [4.78, 5) is 10.1. The zero-order chi connectivity index (χ0) is 10.3. The van der Waals surface area contributed by atoms with E-state index >= 15 is 0 Å². The molecular formula is C8H3Cl2NO2S. The molecule has 6 heteroatoms. The highest BCUT2D eigenvalue weighted by Crippen LogP contribution is 2.40. The number of fused-ring (bicyclic) bond motifs is 1. The molecule has 0 unspecified atom stereocenters. The highest BCUT2D eigenvalue weighted by molar-refractivity contribution is 7.18. The second kappa shape index (κ2) is 3.38. The standard InChI is InChI=1S/C8H3Cl2NO2S/c9-6-5(11(12)13)3-4-1-2-14-8(4)7(6)10/h1-3H. The van der Waals surface area contributed by atoms with Gasteiger partial charge in [-0.1, -0.05) is 23.2 Å². The molecule has 1 heterocycles. The van der Waals surface area contributed by atoms with E-state index in [0.717, 1.165) is 10.1 Å². The van der Waals surface area contributed by atoms with Crippen molar-refractivity contribution in [2.75, 3.05) is 0 Å². The second-order valence-corrected chi connectivity index (χ2v) is 4.29. The van der Waals surface area contributed by atoms with E-state index in [1.807, 2.05) is 5.38 Å². The summed E-state index contributed by atoms with van der Waals surface area (Å²) in [5, 5.41) is 13.4. The number of benzene rings is 1. The lowest BCUT2D eigenvalue weighted by Crippen LogP contribution is -1.89. The Morgan fingerprint density at radius 3 is 2.71 bits per heavy atom. The molecule has 0 aliphatic heterocycles. The van der Waals surface area contributed by atoms with Crippen LogP contribution in [0.1, 0.15) is 0 Å². The van der Waals surface area contributed by atoms with Gasteiger partial charge in [0.15, 0.2) is 0 Å².